The van der Waals surface area contributed by atoms with Crippen LogP contribution in [-0.2, 0) is 0 Å². The molecule has 0 bridgehead atoms. The molecule has 0 unspecified atom stereocenters. The van der Waals surface area contributed by atoms with Crippen molar-refractivity contribution in [2.45, 2.75) is 0 Å². The third kappa shape index (κ3) is 5.10. The van der Waals surface area contributed by atoms with Crippen LogP contribution in [0.25, 0.3) is 75.5 Å². The molecule has 0 spiro atoms. The zero-order valence-corrected chi connectivity index (χ0v) is 28.5. The van der Waals surface area contributed by atoms with Gasteiger partial charge in [0.25, 0.3) is 0 Å². The van der Waals surface area contributed by atoms with Crippen molar-refractivity contribution in [3.05, 3.63) is 188 Å². The predicted octanol–water partition coefficient (Wildman–Crippen LogP) is 14.4. The first kappa shape index (κ1) is 29.5. The summed E-state index contributed by atoms with van der Waals surface area (Å²) in [6.07, 6.45) is 0. The molecule has 0 aliphatic heterocycles. The number of nitrogens with zero attached hydrogens (tertiary/aromatic N) is 1. The molecule has 10 rings (SSSR count). The van der Waals surface area contributed by atoms with E-state index in [4.69, 9.17) is 4.42 Å². The molecule has 0 radical (unpaired) electrons. The lowest BCUT2D eigenvalue weighted by atomic mass is 9.98. The molecule has 10 aromatic rings. The number of benzene rings is 8. The van der Waals surface area contributed by atoms with Gasteiger partial charge >= 0.3 is 0 Å². The Morgan fingerprint density at radius 1 is 0.373 bits per heavy atom. The van der Waals surface area contributed by atoms with Gasteiger partial charge in [-0.2, -0.15) is 0 Å². The molecule has 0 N–H and O–H groups in total. The third-order valence-corrected chi connectivity index (χ3v) is 11.0. The predicted molar refractivity (Wildman–Crippen MR) is 218 cm³/mol. The Balaban J connectivity index is 1.14. The van der Waals surface area contributed by atoms with Crippen molar-refractivity contribution in [1.29, 1.82) is 0 Å². The Morgan fingerprint density at radius 2 is 1.00 bits per heavy atom. The molecule has 0 aliphatic carbocycles. The molecule has 51 heavy (non-hydrogen) atoms. The number of thiophene rings is 1. The van der Waals surface area contributed by atoms with Crippen molar-refractivity contribution in [3.8, 4) is 33.4 Å². The second kappa shape index (κ2) is 12.2. The van der Waals surface area contributed by atoms with Crippen LogP contribution in [-0.4, -0.2) is 0 Å². The molecule has 2 heterocycles. The Morgan fingerprint density at radius 3 is 1.86 bits per heavy atom. The normalized spacial score (nSPS) is 11.5. The minimum absolute atomic E-state index is 0.873. The van der Waals surface area contributed by atoms with Gasteiger partial charge in [-0.3, -0.25) is 0 Å². The summed E-state index contributed by atoms with van der Waals surface area (Å²) in [5, 5.41) is 4.84. The van der Waals surface area contributed by atoms with E-state index in [0.717, 1.165) is 44.6 Å². The van der Waals surface area contributed by atoms with Crippen LogP contribution >= 0.6 is 11.3 Å². The summed E-state index contributed by atoms with van der Waals surface area (Å²) < 4.78 is 9.01. The summed E-state index contributed by atoms with van der Waals surface area (Å²) in [6.45, 7) is 0. The summed E-state index contributed by atoms with van der Waals surface area (Å²) in [5.74, 6) is 0. The largest absolute Gasteiger partial charge is 0.456 e. The summed E-state index contributed by atoms with van der Waals surface area (Å²) in [4.78, 5) is 2.37. The standard InChI is InChI=1S/C48H31NOS/c1-2-12-32(13-3-1)34-14-8-15-35(30-34)36-16-9-17-38(31-36)49(42-21-11-23-44-48(42)40-18-4-6-22-43(40)50-44)37-28-26-33(27-29-37)39-20-10-25-46-47(39)41-19-5-7-24-45(41)51-46/h1-31H. The van der Waals surface area contributed by atoms with Crippen molar-refractivity contribution >= 4 is 70.5 Å². The number of fused-ring (bicyclic) bond motifs is 6. The van der Waals surface area contributed by atoms with E-state index in [-0.39, 0.29) is 0 Å². The van der Waals surface area contributed by atoms with Gasteiger partial charge in [-0.25, -0.2) is 0 Å². The number of hydrogen-bond acceptors (Lipinski definition) is 3. The molecule has 0 saturated heterocycles. The molecular formula is C48H31NOS. The molecule has 0 atom stereocenters. The minimum Gasteiger partial charge on any atom is -0.456 e. The molecule has 0 aliphatic rings. The van der Waals surface area contributed by atoms with E-state index >= 15 is 0 Å². The van der Waals surface area contributed by atoms with Crippen molar-refractivity contribution in [1.82, 2.24) is 0 Å². The van der Waals surface area contributed by atoms with Gasteiger partial charge in [0, 0.05) is 36.9 Å². The van der Waals surface area contributed by atoms with Crippen molar-refractivity contribution < 1.29 is 4.42 Å². The fourth-order valence-corrected chi connectivity index (χ4v) is 8.64. The van der Waals surface area contributed by atoms with Crippen LogP contribution in [0.4, 0.5) is 17.1 Å². The minimum atomic E-state index is 0.873. The second-order valence-corrected chi connectivity index (χ2v) is 14.0. The average Bonchev–Trinajstić information content (AvgIpc) is 3.78. The van der Waals surface area contributed by atoms with Gasteiger partial charge in [-0.1, -0.05) is 127 Å². The van der Waals surface area contributed by atoms with Crippen LogP contribution in [0.1, 0.15) is 0 Å². The molecule has 0 amide bonds. The van der Waals surface area contributed by atoms with E-state index in [1.807, 2.05) is 23.5 Å². The summed E-state index contributed by atoms with van der Waals surface area (Å²) >= 11 is 1.86. The quantitative estimate of drug-likeness (QED) is 0.175. The topological polar surface area (TPSA) is 16.4 Å². The molecule has 240 valence electrons. The molecule has 2 nitrogen and oxygen atoms in total. The molecule has 3 heteroatoms. The Kier molecular flexibility index (Phi) is 7.04. The number of rotatable bonds is 6. The highest BCUT2D eigenvalue weighted by Crippen LogP contribution is 2.45. The van der Waals surface area contributed by atoms with Crippen LogP contribution < -0.4 is 4.90 Å². The van der Waals surface area contributed by atoms with Crippen LogP contribution in [0, 0.1) is 0 Å². The first-order valence-electron chi connectivity index (χ1n) is 17.3. The molecule has 0 fully saturated rings. The van der Waals surface area contributed by atoms with Crippen LogP contribution in [0.2, 0.25) is 0 Å². The number of anilines is 3. The molecule has 2 aromatic heterocycles. The van der Waals surface area contributed by atoms with E-state index in [9.17, 15) is 0 Å². The van der Waals surface area contributed by atoms with Gasteiger partial charge in [0.05, 0.1) is 11.1 Å². The van der Waals surface area contributed by atoms with E-state index in [1.165, 1.54) is 48.0 Å². The number of furan rings is 1. The van der Waals surface area contributed by atoms with Gasteiger partial charge < -0.3 is 9.32 Å². The zero-order chi connectivity index (χ0) is 33.7. The lowest BCUT2D eigenvalue weighted by Crippen LogP contribution is -2.10. The third-order valence-electron chi connectivity index (χ3n) is 9.87. The van der Waals surface area contributed by atoms with Gasteiger partial charge in [0.15, 0.2) is 0 Å². The maximum Gasteiger partial charge on any atom is 0.137 e. The second-order valence-electron chi connectivity index (χ2n) is 12.9. The number of hydrogen-bond donors (Lipinski definition) is 0. The van der Waals surface area contributed by atoms with E-state index in [2.05, 4.69) is 181 Å². The average molecular weight is 670 g/mol. The zero-order valence-electron chi connectivity index (χ0n) is 27.7. The Bertz CT molecular complexity index is 2860. The van der Waals surface area contributed by atoms with Gasteiger partial charge in [-0.15, -0.1) is 11.3 Å². The maximum absolute atomic E-state index is 6.38. The van der Waals surface area contributed by atoms with Crippen molar-refractivity contribution in [2.75, 3.05) is 4.90 Å². The van der Waals surface area contributed by atoms with Gasteiger partial charge in [0.2, 0.25) is 0 Å². The fourth-order valence-electron chi connectivity index (χ4n) is 7.51. The highest BCUT2D eigenvalue weighted by Gasteiger charge is 2.20. The smallest absolute Gasteiger partial charge is 0.137 e. The Hall–Kier alpha value is -6.42. The van der Waals surface area contributed by atoms with Gasteiger partial charge in [0.1, 0.15) is 11.2 Å². The summed E-state index contributed by atoms with van der Waals surface area (Å²) in [6, 6.07) is 67.4. The Labute approximate surface area is 300 Å². The highest BCUT2D eigenvalue weighted by molar-refractivity contribution is 7.25. The summed E-state index contributed by atoms with van der Waals surface area (Å²) in [7, 11) is 0. The monoisotopic (exact) mass is 669 g/mol. The SMILES string of the molecule is c1ccc(-c2cccc(-c3cccc(N(c4ccc(-c5cccc6sc7ccccc7c56)cc4)c4cccc5oc6ccccc6c45)c3)c2)cc1. The first-order chi connectivity index (χ1) is 25.3. The van der Waals surface area contributed by atoms with E-state index < -0.39 is 0 Å². The lowest BCUT2D eigenvalue weighted by molar-refractivity contribution is 0.669. The maximum atomic E-state index is 6.38. The van der Waals surface area contributed by atoms with Crippen LogP contribution in [0.3, 0.4) is 0 Å². The van der Waals surface area contributed by atoms with Gasteiger partial charge in [-0.05, 0) is 94.0 Å². The summed E-state index contributed by atoms with van der Waals surface area (Å²) in [5.41, 5.74) is 12.2. The van der Waals surface area contributed by atoms with Crippen LogP contribution in [0.5, 0.6) is 0 Å². The van der Waals surface area contributed by atoms with E-state index in [1.54, 1.807) is 0 Å². The highest BCUT2D eigenvalue weighted by atomic mass is 32.1. The van der Waals surface area contributed by atoms with Crippen LogP contribution in [0.15, 0.2) is 192 Å². The molecular weight excluding hydrogens is 639 g/mol. The van der Waals surface area contributed by atoms with Crippen molar-refractivity contribution in [2.24, 2.45) is 0 Å². The molecule has 0 saturated carbocycles. The fraction of sp³-hybridized carbons (Fsp3) is 0. The molecule has 8 aromatic carbocycles. The van der Waals surface area contributed by atoms with E-state index in [0.29, 0.717) is 0 Å². The number of para-hydroxylation sites is 1. The first-order valence-corrected chi connectivity index (χ1v) is 18.1. The lowest BCUT2D eigenvalue weighted by Gasteiger charge is -2.27. The van der Waals surface area contributed by atoms with Crippen molar-refractivity contribution in [3.63, 3.8) is 0 Å².